The number of aliphatic hydroxyl groups is 1. The van der Waals surface area contributed by atoms with E-state index in [9.17, 15) is 10.2 Å². The Balaban J connectivity index is 1.23. The number of piperazine rings is 1. The standard InChI is InChI=1S/C35H38F2N6O4/c1-2-22-24(36)6-4-18-12-21(45)13-23(27(18)22)30-29(37)31-28-32(42-14-19-5-7-25(38-19)26(42)16-46-33(28)39-30)41-34(40-31)47-17-35-9-3-11-43(35)20(15-44)8-10-35/h4,6,12-13,19-20,25-26,38,44-45H,2-3,5,7-11,14-17H2,1H3/t19-,20+,25+,26+,35-/m0/s1. The summed E-state index contributed by atoms with van der Waals surface area (Å²) < 4.78 is 45.1. The quantitative estimate of drug-likeness (QED) is 0.278. The van der Waals surface area contributed by atoms with Gasteiger partial charge >= 0.3 is 6.01 Å². The van der Waals surface area contributed by atoms with Crippen molar-refractivity contribution >= 4 is 27.5 Å². The van der Waals surface area contributed by atoms with Crippen molar-refractivity contribution in [1.82, 2.24) is 25.2 Å². The fraction of sp³-hybridized carbons (Fsp3) is 0.514. The van der Waals surface area contributed by atoms with E-state index < -0.39 is 11.6 Å². The number of benzene rings is 2. The molecule has 246 valence electrons. The molecular formula is C35H38F2N6O4. The summed E-state index contributed by atoms with van der Waals surface area (Å²) in [5, 5.41) is 25.8. The number of hydrogen-bond acceptors (Lipinski definition) is 10. The molecule has 0 amide bonds. The number of ether oxygens (including phenoxy) is 2. The molecule has 0 saturated carbocycles. The number of anilines is 1. The monoisotopic (exact) mass is 644 g/mol. The Hall–Kier alpha value is -3.87. The summed E-state index contributed by atoms with van der Waals surface area (Å²) >= 11 is 0. The molecule has 10 nitrogen and oxygen atoms in total. The van der Waals surface area contributed by atoms with Crippen LogP contribution in [0.2, 0.25) is 0 Å². The highest BCUT2D eigenvalue weighted by Gasteiger charge is 2.50. The summed E-state index contributed by atoms with van der Waals surface area (Å²) in [6.45, 7) is 4.21. The zero-order valence-electron chi connectivity index (χ0n) is 26.3. The van der Waals surface area contributed by atoms with Crippen molar-refractivity contribution in [2.45, 2.75) is 81.6 Å². The van der Waals surface area contributed by atoms with Gasteiger partial charge in [0, 0.05) is 30.2 Å². The van der Waals surface area contributed by atoms with Gasteiger partial charge in [-0.15, -0.1) is 0 Å². The van der Waals surface area contributed by atoms with Crippen LogP contribution in [0.4, 0.5) is 14.6 Å². The molecule has 3 N–H and O–H groups in total. The van der Waals surface area contributed by atoms with Gasteiger partial charge in [-0.1, -0.05) is 13.0 Å². The van der Waals surface area contributed by atoms with Gasteiger partial charge in [-0.2, -0.15) is 9.97 Å². The Morgan fingerprint density at radius 1 is 1.11 bits per heavy atom. The second-order valence-corrected chi connectivity index (χ2v) is 13.9. The van der Waals surface area contributed by atoms with Crippen LogP contribution in [0.1, 0.15) is 51.0 Å². The zero-order chi connectivity index (χ0) is 32.0. The minimum atomic E-state index is -0.711. The molecule has 2 bridgehead atoms. The van der Waals surface area contributed by atoms with Gasteiger partial charge < -0.3 is 29.9 Å². The Morgan fingerprint density at radius 2 is 2.00 bits per heavy atom. The first-order valence-electron chi connectivity index (χ1n) is 16.9. The highest BCUT2D eigenvalue weighted by atomic mass is 19.1. The number of aromatic hydroxyl groups is 1. The number of pyridine rings is 1. The summed E-state index contributed by atoms with van der Waals surface area (Å²) in [5.74, 6) is -0.453. The molecule has 47 heavy (non-hydrogen) atoms. The van der Waals surface area contributed by atoms with Crippen molar-refractivity contribution in [2.75, 3.05) is 37.8 Å². The minimum absolute atomic E-state index is 0.0166. The van der Waals surface area contributed by atoms with Crippen molar-refractivity contribution in [1.29, 1.82) is 0 Å². The van der Waals surface area contributed by atoms with Crippen LogP contribution in [0.5, 0.6) is 17.6 Å². The van der Waals surface area contributed by atoms with E-state index in [1.807, 2.05) is 6.92 Å². The molecule has 4 fully saturated rings. The molecule has 9 rings (SSSR count). The number of phenols is 1. The van der Waals surface area contributed by atoms with Gasteiger partial charge in [0.1, 0.15) is 47.2 Å². The number of rotatable bonds is 6. The number of phenolic OH excluding ortho intramolecular Hbond substituents is 1. The summed E-state index contributed by atoms with van der Waals surface area (Å²) in [6.07, 6.45) is 6.19. The third-order valence-electron chi connectivity index (χ3n) is 11.4. The van der Waals surface area contributed by atoms with Gasteiger partial charge in [-0.25, -0.2) is 13.8 Å². The molecule has 0 spiro atoms. The topological polar surface area (TPSA) is 116 Å². The molecule has 4 saturated heterocycles. The number of halogens is 2. The number of nitrogens with one attached hydrogen (secondary N) is 1. The Bertz CT molecular complexity index is 1930. The maximum atomic E-state index is 17.1. The van der Waals surface area contributed by atoms with Crippen LogP contribution in [-0.2, 0) is 6.42 Å². The van der Waals surface area contributed by atoms with Gasteiger partial charge in [0.05, 0.1) is 18.2 Å². The number of aryl methyl sites for hydroxylation is 1. The predicted molar refractivity (Wildman–Crippen MR) is 172 cm³/mol. The van der Waals surface area contributed by atoms with E-state index in [1.54, 1.807) is 12.1 Å². The van der Waals surface area contributed by atoms with E-state index in [-0.39, 0.29) is 70.7 Å². The first-order chi connectivity index (χ1) is 22.9. The van der Waals surface area contributed by atoms with Crippen LogP contribution in [-0.4, -0.2) is 92.7 Å². The Labute approximate surface area is 270 Å². The number of hydrogen-bond donors (Lipinski definition) is 3. The van der Waals surface area contributed by atoms with E-state index in [1.165, 1.54) is 12.1 Å². The number of fused-ring (bicyclic) bond motifs is 7. The highest BCUT2D eigenvalue weighted by Crippen LogP contribution is 2.46. The minimum Gasteiger partial charge on any atom is -0.508 e. The average molecular weight is 645 g/mol. The largest absolute Gasteiger partial charge is 0.508 e. The molecule has 4 aromatic rings. The Morgan fingerprint density at radius 3 is 2.85 bits per heavy atom. The molecule has 0 unspecified atom stereocenters. The van der Waals surface area contributed by atoms with Gasteiger partial charge in [0.25, 0.3) is 0 Å². The summed E-state index contributed by atoms with van der Waals surface area (Å²) in [7, 11) is 0. The maximum absolute atomic E-state index is 17.1. The lowest BCUT2D eigenvalue weighted by atomic mass is 9.94. The zero-order valence-corrected chi connectivity index (χ0v) is 26.3. The number of aromatic nitrogens is 3. The third kappa shape index (κ3) is 4.40. The second-order valence-electron chi connectivity index (χ2n) is 13.9. The van der Waals surface area contributed by atoms with Crippen LogP contribution in [0, 0.1) is 11.6 Å². The molecule has 12 heteroatoms. The first kappa shape index (κ1) is 29.3. The third-order valence-corrected chi connectivity index (χ3v) is 11.4. The lowest BCUT2D eigenvalue weighted by Crippen LogP contribution is -2.60. The van der Waals surface area contributed by atoms with E-state index in [0.29, 0.717) is 53.7 Å². The van der Waals surface area contributed by atoms with Crippen LogP contribution in [0.25, 0.3) is 32.9 Å². The summed E-state index contributed by atoms with van der Waals surface area (Å²) in [6, 6.07) is 6.54. The first-order valence-corrected chi connectivity index (χ1v) is 16.9. The normalized spacial score (nSPS) is 28.0. The molecule has 2 aromatic carbocycles. The summed E-state index contributed by atoms with van der Waals surface area (Å²) in [4.78, 5) is 19.0. The van der Waals surface area contributed by atoms with Gasteiger partial charge in [-0.3, -0.25) is 4.90 Å². The van der Waals surface area contributed by atoms with Gasteiger partial charge in [0.15, 0.2) is 5.82 Å². The van der Waals surface area contributed by atoms with E-state index in [2.05, 4.69) is 15.1 Å². The number of nitrogens with zero attached hydrogens (tertiary/aromatic N) is 5. The van der Waals surface area contributed by atoms with E-state index in [4.69, 9.17) is 24.4 Å². The second kappa shape index (κ2) is 10.8. The van der Waals surface area contributed by atoms with Crippen LogP contribution in [0.15, 0.2) is 24.3 Å². The van der Waals surface area contributed by atoms with E-state index >= 15 is 8.78 Å². The van der Waals surface area contributed by atoms with Crippen molar-refractivity contribution in [3.8, 4) is 28.9 Å². The molecule has 5 aliphatic heterocycles. The molecule has 0 aliphatic carbocycles. The van der Waals surface area contributed by atoms with Crippen LogP contribution < -0.4 is 19.7 Å². The fourth-order valence-electron chi connectivity index (χ4n) is 9.20. The molecule has 5 atom stereocenters. The average Bonchev–Trinajstić information content (AvgIpc) is 3.74. The van der Waals surface area contributed by atoms with Crippen LogP contribution in [0.3, 0.4) is 0 Å². The Kier molecular flexibility index (Phi) is 6.75. The van der Waals surface area contributed by atoms with E-state index in [0.717, 1.165) is 45.1 Å². The maximum Gasteiger partial charge on any atom is 0.319 e. The van der Waals surface area contributed by atoms with Gasteiger partial charge in [-0.05, 0) is 86.0 Å². The fourth-order valence-corrected chi connectivity index (χ4v) is 9.20. The molecule has 5 aliphatic rings. The molecule has 0 radical (unpaired) electrons. The molecule has 7 heterocycles. The van der Waals surface area contributed by atoms with Crippen molar-refractivity contribution < 1.29 is 28.5 Å². The molecular weight excluding hydrogens is 606 g/mol. The number of aliphatic hydroxyl groups excluding tert-OH is 1. The predicted octanol–water partition coefficient (Wildman–Crippen LogP) is 4.46. The van der Waals surface area contributed by atoms with Crippen LogP contribution >= 0.6 is 0 Å². The lowest BCUT2D eigenvalue weighted by molar-refractivity contribution is 0.0644. The highest BCUT2D eigenvalue weighted by molar-refractivity contribution is 6.03. The van der Waals surface area contributed by atoms with Crippen molar-refractivity contribution in [3.63, 3.8) is 0 Å². The smallest absolute Gasteiger partial charge is 0.319 e. The lowest BCUT2D eigenvalue weighted by Gasteiger charge is -2.40. The van der Waals surface area contributed by atoms with Crippen molar-refractivity contribution in [2.24, 2.45) is 0 Å². The van der Waals surface area contributed by atoms with Crippen molar-refractivity contribution in [3.05, 3.63) is 41.5 Å². The summed E-state index contributed by atoms with van der Waals surface area (Å²) in [5.41, 5.74) is 0.403. The van der Waals surface area contributed by atoms with Gasteiger partial charge in [0.2, 0.25) is 5.88 Å². The molecule has 2 aromatic heterocycles. The SMILES string of the molecule is CCc1c(F)ccc2cc(O)cc(-c3nc4c5c(nc(OC[C@@]67CCCN6[C@@H](CO)CC7)nc5c3F)N3C[C@@H]5CC[C@@H](N5)[C@H]3CO4)c12.